The number of amides is 1. The second-order valence-electron chi connectivity index (χ2n) is 3.44. The molecule has 102 valence electrons. The highest BCUT2D eigenvalue weighted by Crippen LogP contribution is 2.36. The van der Waals surface area contributed by atoms with Gasteiger partial charge in [-0.15, -0.1) is 0 Å². The van der Waals surface area contributed by atoms with Gasteiger partial charge in [-0.1, -0.05) is 0 Å². The third kappa shape index (κ3) is 2.90. The van der Waals surface area contributed by atoms with E-state index in [-0.39, 0.29) is 11.3 Å². The first kappa shape index (κ1) is 14.7. The number of carbonyl (C=O) groups excluding carboxylic acids is 1. The number of hydrogen-bond donors (Lipinski definition) is 2. The van der Waals surface area contributed by atoms with Crippen molar-refractivity contribution in [3.8, 4) is 6.07 Å². The summed E-state index contributed by atoms with van der Waals surface area (Å²) in [6.45, 7) is 0. The lowest BCUT2D eigenvalue weighted by Gasteiger charge is -2.19. The van der Waals surface area contributed by atoms with Crippen LogP contribution in [-0.2, 0) is 4.79 Å². The first-order valence-electron chi connectivity index (χ1n) is 4.65. The Hall–Kier alpha value is -2.37. The standard InChI is InChI=1S/C10H6F5N3O/c11-9(12,10(13,14)15)8(19)18-7-2-1-5(4-16)3-6(7)17/h1-3H,17H2,(H,18,19). The summed E-state index contributed by atoms with van der Waals surface area (Å²) in [4.78, 5) is 10.9. The molecule has 1 rings (SSSR count). The fourth-order valence-electron chi connectivity index (χ4n) is 1.08. The fraction of sp³-hybridized carbons (Fsp3) is 0.200. The number of rotatable bonds is 2. The van der Waals surface area contributed by atoms with Gasteiger partial charge in [-0.2, -0.15) is 27.2 Å². The monoisotopic (exact) mass is 279 g/mol. The van der Waals surface area contributed by atoms with E-state index in [2.05, 4.69) is 0 Å². The van der Waals surface area contributed by atoms with Gasteiger partial charge in [0.25, 0.3) is 0 Å². The molecule has 1 amide bonds. The Morgan fingerprint density at radius 3 is 2.26 bits per heavy atom. The molecule has 0 bridgehead atoms. The molecule has 0 aromatic heterocycles. The summed E-state index contributed by atoms with van der Waals surface area (Å²) in [5.74, 6) is -8.08. The average Bonchev–Trinajstić information content (AvgIpc) is 2.30. The molecule has 0 saturated heterocycles. The van der Waals surface area contributed by atoms with Crippen LogP contribution in [0.15, 0.2) is 18.2 Å². The third-order valence-electron chi connectivity index (χ3n) is 2.07. The van der Waals surface area contributed by atoms with Gasteiger partial charge in [0.05, 0.1) is 23.0 Å². The zero-order valence-corrected chi connectivity index (χ0v) is 9.05. The predicted octanol–water partition coefficient (Wildman–Crippen LogP) is 2.28. The van der Waals surface area contributed by atoms with Gasteiger partial charge in [0.15, 0.2) is 0 Å². The molecule has 1 aromatic carbocycles. The lowest BCUT2D eigenvalue weighted by molar-refractivity contribution is -0.267. The van der Waals surface area contributed by atoms with Crippen LogP contribution in [0.5, 0.6) is 0 Å². The maximum atomic E-state index is 12.7. The number of nitrogens with zero attached hydrogens (tertiary/aromatic N) is 1. The Kier molecular flexibility index (Phi) is 3.65. The van der Waals surface area contributed by atoms with Gasteiger partial charge in [-0.25, -0.2) is 0 Å². The number of benzene rings is 1. The number of hydrogen-bond acceptors (Lipinski definition) is 3. The summed E-state index contributed by atoms with van der Waals surface area (Å²) in [5.41, 5.74) is 4.64. The van der Waals surface area contributed by atoms with Crippen molar-refractivity contribution in [3.05, 3.63) is 23.8 Å². The van der Waals surface area contributed by atoms with Gasteiger partial charge in [-0.05, 0) is 18.2 Å². The smallest absolute Gasteiger partial charge is 0.397 e. The van der Waals surface area contributed by atoms with Gasteiger partial charge < -0.3 is 11.1 Å². The number of halogens is 5. The molecule has 0 radical (unpaired) electrons. The van der Waals surface area contributed by atoms with Crippen LogP contribution in [-0.4, -0.2) is 18.0 Å². The molecule has 0 aliphatic carbocycles. The van der Waals surface area contributed by atoms with Crippen LogP contribution in [0.1, 0.15) is 5.56 Å². The molecule has 0 aliphatic rings. The molecule has 0 heterocycles. The van der Waals surface area contributed by atoms with Gasteiger partial charge >= 0.3 is 18.0 Å². The molecular weight excluding hydrogens is 273 g/mol. The Bertz CT molecular complexity index is 547. The van der Waals surface area contributed by atoms with Crippen molar-refractivity contribution in [1.29, 1.82) is 5.26 Å². The Morgan fingerprint density at radius 1 is 1.26 bits per heavy atom. The number of alkyl halides is 5. The molecule has 0 saturated carbocycles. The molecule has 0 spiro atoms. The SMILES string of the molecule is N#Cc1ccc(NC(=O)C(F)(F)C(F)(F)F)c(N)c1. The summed E-state index contributed by atoms with van der Waals surface area (Å²) in [7, 11) is 0. The quantitative estimate of drug-likeness (QED) is 0.644. The second kappa shape index (κ2) is 4.72. The first-order chi connectivity index (χ1) is 8.59. The lowest BCUT2D eigenvalue weighted by atomic mass is 10.2. The van der Waals surface area contributed by atoms with Gasteiger partial charge in [0.2, 0.25) is 0 Å². The molecule has 0 atom stereocenters. The largest absolute Gasteiger partial charge is 0.463 e. The van der Waals surface area contributed by atoms with Gasteiger partial charge in [-0.3, -0.25) is 4.79 Å². The predicted molar refractivity (Wildman–Crippen MR) is 55.2 cm³/mol. The van der Waals surface area contributed by atoms with Crippen molar-refractivity contribution in [2.45, 2.75) is 12.1 Å². The van der Waals surface area contributed by atoms with E-state index in [0.717, 1.165) is 18.2 Å². The van der Waals surface area contributed by atoms with Gasteiger partial charge in [0, 0.05) is 0 Å². The molecule has 1 aromatic rings. The second-order valence-corrected chi connectivity index (χ2v) is 3.44. The average molecular weight is 279 g/mol. The summed E-state index contributed by atoms with van der Waals surface area (Å²) in [6.07, 6.45) is -6.00. The molecule has 0 aliphatic heterocycles. The van der Waals surface area contributed by atoms with E-state index >= 15 is 0 Å². The molecule has 0 unspecified atom stereocenters. The van der Waals surface area contributed by atoms with Crippen molar-refractivity contribution in [1.82, 2.24) is 0 Å². The number of nitrogens with one attached hydrogen (secondary N) is 1. The van der Waals surface area contributed by atoms with Crippen molar-refractivity contribution in [3.63, 3.8) is 0 Å². The molecular formula is C10H6F5N3O. The van der Waals surface area contributed by atoms with E-state index in [9.17, 15) is 26.7 Å². The minimum Gasteiger partial charge on any atom is -0.397 e. The lowest BCUT2D eigenvalue weighted by Crippen LogP contribution is -2.47. The van der Waals surface area contributed by atoms with Crippen molar-refractivity contribution in [2.75, 3.05) is 11.1 Å². The van der Waals surface area contributed by atoms with E-state index in [1.807, 2.05) is 0 Å². The summed E-state index contributed by atoms with van der Waals surface area (Å²) < 4.78 is 61.1. The number of carbonyl (C=O) groups is 1. The highest BCUT2D eigenvalue weighted by Gasteiger charge is 2.63. The van der Waals surface area contributed by atoms with Gasteiger partial charge in [0.1, 0.15) is 0 Å². The third-order valence-corrected chi connectivity index (χ3v) is 2.07. The topological polar surface area (TPSA) is 78.9 Å². The van der Waals surface area contributed by atoms with Crippen LogP contribution in [0.4, 0.5) is 33.3 Å². The summed E-state index contributed by atoms with van der Waals surface area (Å²) in [5, 5.41) is 9.87. The number of anilines is 2. The summed E-state index contributed by atoms with van der Waals surface area (Å²) >= 11 is 0. The maximum absolute atomic E-state index is 12.7. The van der Waals surface area contributed by atoms with Crippen LogP contribution in [0.2, 0.25) is 0 Å². The molecule has 19 heavy (non-hydrogen) atoms. The zero-order valence-electron chi connectivity index (χ0n) is 9.05. The van der Waals surface area contributed by atoms with Crippen LogP contribution >= 0.6 is 0 Å². The van der Waals surface area contributed by atoms with Crippen LogP contribution in [0.25, 0.3) is 0 Å². The molecule has 3 N–H and O–H groups in total. The van der Waals surface area contributed by atoms with Crippen LogP contribution in [0, 0.1) is 11.3 Å². The highest BCUT2D eigenvalue weighted by molar-refractivity contribution is 5.99. The molecule has 4 nitrogen and oxygen atoms in total. The minimum atomic E-state index is -6.00. The maximum Gasteiger partial charge on any atom is 0.463 e. The Labute approximate surface area is 103 Å². The van der Waals surface area contributed by atoms with Crippen LogP contribution in [0.3, 0.4) is 0 Å². The van der Waals surface area contributed by atoms with Crippen molar-refractivity contribution < 1.29 is 26.7 Å². The Balaban J connectivity index is 2.99. The zero-order chi connectivity index (χ0) is 14.8. The van der Waals surface area contributed by atoms with Crippen molar-refractivity contribution in [2.24, 2.45) is 0 Å². The first-order valence-corrected chi connectivity index (χ1v) is 4.65. The highest BCUT2D eigenvalue weighted by atomic mass is 19.4. The van der Waals surface area contributed by atoms with E-state index in [4.69, 9.17) is 11.0 Å². The number of nitrogen functional groups attached to an aromatic ring is 1. The Morgan fingerprint density at radius 2 is 1.84 bits per heavy atom. The fourth-order valence-corrected chi connectivity index (χ4v) is 1.08. The normalized spacial score (nSPS) is 11.8. The van der Waals surface area contributed by atoms with Crippen molar-refractivity contribution >= 4 is 17.3 Å². The van der Waals surface area contributed by atoms with E-state index in [0.29, 0.717) is 0 Å². The van der Waals surface area contributed by atoms with Crippen LogP contribution < -0.4 is 11.1 Å². The number of nitrogens with two attached hydrogens (primary N) is 1. The van der Waals surface area contributed by atoms with E-state index in [1.165, 1.54) is 5.32 Å². The molecule has 9 heteroatoms. The number of nitriles is 1. The molecule has 0 fully saturated rings. The van der Waals surface area contributed by atoms with E-state index < -0.39 is 23.7 Å². The minimum absolute atomic E-state index is 0.0677. The summed E-state index contributed by atoms with van der Waals surface area (Å²) in [6, 6.07) is 4.78. The van der Waals surface area contributed by atoms with E-state index in [1.54, 1.807) is 6.07 Å².